The zero-order valence-electron chi connectivity index (χ0n) is 4.19. The van der Waals surface area contributed by atoms with Gasteiger partial charge in [-0.2, -0.15) is 12.6 Å². The van der Waals surface area contributed by atoms with Crippen molar-refractivity contribution in [2.24, 2.45) is 0 Å². The number of aliphatic hydroxyl groups is 2. The summed E-state index contributed by atoms with van der Waals surface area (Å²) in [6, 6.07) is 0. The summed E-state index contributed by atoms with van der Waals surface area (Å²) in [5.74, 6) is 0.230. The van der Waals surface area contributed by atoms with E-state index in [1.165, 1.54) is 0 Å². The number of thiocarbonyl (C=S) groups is 1. The van der Waals surface area contributed by atoms with Gasteiger partial charge in [0.2, 0.25) is 0 Å². The molecular formula is C4H8O2S2. The van der Waals surface area contributed by atoms with Crippen LogP contribution in [0.15, 0.2) is 0 Å². The van der Waals surface area contributed by atoms with Gasteiger partial charge in [0.25, 0.3) is 0 Å². The first kappa shape index (κ1) is 8.36. The molecule has 0 fully saturated rings. The lowest BCUT2D eigenvalue weighted by atomic mass is 10.3. The summed E-state index contributed by atoms with van der Waals surface area (Å²) in [4.78, 5) is 0. The standard InChI is InChI=1S/C4H8O2S2/c5-3(1-7)4(6)2-8/h1,3-6,8H,2H2/t3-,4-/m1/s1. The highest BCUT2D eigenvalue weighted by Crippen LogP contribution is 1.92. The van der Waals surface area contributed by atoms with Crippen LogP contribution in [-0.2, 0) is 0 Å². The van der Waals surface area contributed by atoms with E-state index in [1.54, 1.807) is 0 Å². The van der Waals surface area contributed by atoms with E-state index in [2.05, 4.69) is 24.8 Å². The lowest BCUT2D eigenvalue weighted by Gasteiger charge is -2.08. The molecule has 4 heteroatoms. The Kier molecular flexibility index (Phi) is 4.45. The zero-order chi connectivity index (χ0) is 6.57. The van der Waals surface area contributed by atoms with E-state index < -0.39 is 12.2 Å². The van der Waals surface area contributed by atoms with E-state index in [9.17, 15) is 0 Å². The van der Waals surface area contributed by atoms with Crippen molar-refractivity contribution in [2.45, 2.75) is 12.2 Å². The molecule has 0 amide bonds. The Hall–Kier alpha value is 0.360. The van der Waals surface area contributed by atoms with Crippen molar-refractivity contribution >= 4 is 30.2 Å². The van der Waals surface area contributed by atoms with Crippen LogP contribution in [0.25, 0.3) is 0 Å². The Morgan fingerprint density at radius 1 is 1.62 bits per heavy atom. The van der Waals surface area contributed by atoms with E-state index in [-0.39, 0.29) is 5.75 Å². The summed E-state index contributed by atoms with van der Waals surface area (Å²) in [6.45, 7) is 0. The van der Waals surface area contributed by atoms with E-state index in [4.69, 9.17) is 10.2 Å². The zero-order valence-corrected chi connectivity index (χ0v) is 5.90. The van der Waals surface area contributed by atoms with Crippen molar-refractivity contribution < 1.29 is 10.2 Å². The van der Waals surface area contributed by atoms with Crippen molar-refractivity contribution in [1.82, 2.24) is 0 Å². The summed E-state index contributed by atoms with van der Waals surface area (Å²) in [5, 5.41) is 18.5. The summed E-state index contributed by atoms with van der Waals surface area (Å²) < 4.78 is 0. The normalized spacial score (nSPS) is 17.4. The highest BCUT2D eigenvalue weighted by Gasteiger charge is 2.09. The molecule has 2 atom stereocenters. The quantitative estimate of drug-likeness (QED) is 0.382. The maximum Gasteiger partial charge on any atom is 0.109 e. The molecule has 0 aliphatic heterocycles. The summed E-state index contributed by atoms with van der Waals surface area (Å²) in [6.07, 6.45) is -1.74. The van der Waals surface area contributed by atoms with E-state index in [0.717, 1.165) is 5.37 Å². The topological polar surface area (TPSA) is 40.5 Å². The van der Waals surface area contributed by atoms with Gasteiger partial charge in [0.15, 0.2) is 0 Å². The minimum atomic E-state index is -0.914. The predicted octanol–water partition coefficient (Wildman–Crippen LogP) is -0.362. The van der Waals surface area contributed by atoms with Crippen LogP contribution in [0.5, 0.6) is 0 Å². The fourth-order valence-corrected chi connectivity index (χ4v) is 0.596. The Balaban J connectivity index is 3.44. The number of hydrogen-bond donors (Lipinski definition) is 3. The van der Waals surface area contributed by atoms with Gasteiger partial charge in [0, 0.05) is 11.1 Å². The Bertz CT molecular complexity index is 76.4. The molecule has 2 nitrogen and oxygen atoms in total. The van der Waals surface area contributed by atoms with Crippen LogP contribution in [0.2, 0.25) is 0 Å². The second-order valence-corrected chi connectivity index (χ2v) is 2.01. The largest absolute Gasteiger partial charge is 0.389 e. The first-order valence-corrected chi connectivity index (χ1v) is 3.25. The van der Waals surface area contributed by atoms with Gasteiger partial charge in [0.1, 0.15) is 6.10 Å². The molecule has 0 aliphatic carbocycles. The highest BCUT2D eigenvalue weighted by molar-refractivity contribution is 7.80. The Labute approximate surface area is 58.9 Å². The number of aliphatic hydroxyl groups excluding tert-OH is 2. The third-order valence-corrected chi connectivity index (χ3v) is 1.37. The minimum Gasteiger partial charge on any atom is -0.389 e. The smallest absolute Gasteiger partial charge is 0.109 e. The third kappa shape index (κ3) is 2.61. The van der Waals surface area contributed by atoms with Crippen LogP contribution in [-0.4, -0.2) is 33.5 Å². The lowest BCUT2D eigenvalue weighted by molar-refractivity contribution is 0.0813. The molecule has 0 heterocycles. The molecule has 0 saturated carbocycles. The van der Waals surface area contributed by atoms with E-state index >= 15 is 0 Å². The molecular weight excluding hydrogens is 144 g/mol. The fourth-order valence-electron chi connectivity index (χ4n) is 0.199. The Morgan fingerprint density at radius 2 is 2.12 bits per heavy atom. The van der Waals surface area contributed by atoms with Crippen LogP contribution in [0.4, 0.5) is 0 Å². The van der Waals surface area contributed by atoms with E-state index in [1.807, 2.05) is 0 Å². The Morgan fingerprint density at radius 3 is 2.25 bits per heavy atom. The number of rotatable bonds is 3. The molecule has 0 radical (unpaired) electrons. The van der Waals surface area contributed by atoms with Gasteiger partial charge < -0.3 is 10.2 Å². The lowest BCUT2D eigenvalue weighted by Crippen LogP contribution is -2.27. The molecule has 0 rings (SSSR count). The maximum absolute atomic E-state index is 8.70. The molecule has 2 N–H and O–H groups in total. The predicted molar refractivity (Wildman–Crippen MR) is 39.5 cm³/mol. The van der Waals surface area contributed by atoms with Crippen LogP contribution in [0.1, 0.15) is 0 Å². The summed E-state index contributed by atoms with van der Waals surface area (Å²) >= 11 is 8.08. The average Bonchev–Trinajstić information content (AvgIpc) is 1.84. The second-order valence-electron chi connectivity index (χ2n) is 1.38. The molecule has 0 unspecified atom stereocenters. The van der Waals surface area contributed by atoms with Gasteiger partial charge in [-0.1, -0.05) is 12.2 Å². The van der Waals surface area contributed by atoms with Gasteiger partial charge in [-0.25, -0.2) is 0 Å². The van der Waals surface area contributed by atoms with Gasteiger partial charge in [0.05, 0.1) is 6.10 Å². The fraction of sp³-hybridized carbons (Fsp3) is 0.750. The van der Waals surface area contributed by atoms with Gasteiger partial charge in [-0.3, -0.25) is 0 Å². The molecule has 0 aromatic rings. The van der Waals surface area contributed by atoms with Crippen LogP contribution in [0.3, 0.4) is 0 Å². The summed E-state index contributed by atoms with van der Waals surface area (Å²) in [7, 11) is 0. The average molecular weight is 152 g/mol. The molecule has 0 bridgehead atoms. The molecule has 0 saturated heterocycles. The molecule has 0 aromatic heterocycles. The van der Waals surface area contributed by atoms with Crippen LogP contribution < -0.4 is 0 Å². The van der Waals surface area contributed by atoms with Crippen molar-refractivity contribution in [3.8, 4) is 0 Å². The summed E-state index contributed by atoms with van der Waals surface area (Å²) in [5.41, 5.74) is 0. The maximum atomic E-state index is 8.70. The monoisotopic (exact) mass is 152 g/mol. The molecule has 8 heavy (non-hydrogen) atoms. The van der Waals surface area contributed by atoms with Crippen molar-refractivity contribution in [2.75, 3.05) is 5.75 Å². The minimum absolute atomic E-state index is 0.230. The number of hydrogen-bond acceptors (Lipinski definition) is 4. The van der Waals surface area contributed by atoms with Crippen LogP contribution in [0, 0.1) is 0 Å². The molecule has 0 aromatic carbocycles. The molecule has 0 aliphatic rings. The van der Waals surface area contributed by atoms with Crippen molar-refractivity contribution in [3.63, 3.8) is 0 Å². The second kappa shape index (κ2) is 4.26. The number of thiol groups is 1. The van der Waals surface area contributed by atoms with Crippen LogP contribution >= 0.6 is 24.8 Å². The van der Waals surface area contributed by atoms with Crippen molar-refractivity contribution in [1.29, 1.82) is 0 Å². The van der Waals surface area contributed by atoms with Gasteiger partial charge >= 0.3 is 0 Å². The highest BCUT2D eigenvalue weighted by atomic mass is 32.1. The first-order valence-electron chi connectivity index (χ1n) is 2.14. The first-order chi connectivity index (χ1) is 3.72. The third-order valence-electron chi connectivity index (χ3n) is 0.721. The van der Waals surface area contributed by atoms with E-state index in [0.29, 0.717) is 0 Å². The SMILES string of the molecule is O[C@H](C=S)[C@H](O)CS. The van der Waals surface area contributed by atoms with Crippen molar-refractivity contribution in [3.05, 3.63) is 0 Å². The van der Waals surface area contributed by atoms with Gasteiger partial charge in [-0.15, -0.1) is 0 Å². The molecule has 48 valence electrons. The van der Waals surface area contributed by atoms with Gasteiger partial charge in [-0.05, 0) is 0 Å². The molecule has 0 spiro atoms.